The summed E-state index contributed by atoms with van der Waals surface area (Å²) in [6, 6.07) is 13.0. The molecule has 140 valence electrons. The Kier molecular flexibility index (Phi) is 4.71. The summed E-state index contributed by atoms with van der Waals surface area (Å²) in [5, 5.41) is 5.89. The van der Waals surface area contributed by atoms with E-state index < -0.39 is 0 Å². The first-order valence-electron chi connectivity index (χ1n) is 9.28. The van der Waals surface area contributed by atoms with Crippen LogP contribution in [-0.4, -0.2) is 31.5 Å². The molecule has 0 saturated carbocycles. The number of rotatable bonds is 4. The lowest BCUT2D eigenvalue weighted by Crippen LogP contribution is -2.50. The van der Waals surface area contributed by atoms with Crippen molar-refractivity contribution in [2.45, 2.75) is 31.8 Å². The van der Waals surface area contributed by atoms with Crippen molar-refractivity contribution in [3.8, 4) is 5.75 Å². The molecule has 2 heterocycles. The Morgan fingerprint density at radius 1 is 1.22 bits per heavy atom. The molecule has 0 aliphatic carbocycles. The number of methoxy groups -OCH3 is 1. The molecule has 2 aliphatic rings. The summed E-state index contributed by atoms with van der Waals surface area (Å²) >= 11 is 0. The third-order valence-corrected chi connectivity index (χ3v) is 5.24. The molecule has 6 nitrogen and oxygen atoms in total. The fourth-order valence-electron chi connectivity index (χ4n) is 3.76. The number of carbonyl (C=O) groups is 2. The van der Waals surface area contributed by atoms with Gasteiger partial charge in [0.05, 0.1) is 18.5 Å². The predicted molar refractivity (Wildman–Crippen MR) is 104 cm³/mol. The van der Waals surface area contributed by atoms with Gasteiger partial charge in [-0.3, -0.25) is 9.59 Å². The highest BCUT2D eigenvalue weighted by Gasteiger charge is 2.34. The van der Waals surface area contributed by atoms with Crippen molar-refractivity contribution in [3.63, 3.8) is 0 Å². The third kappa shape index (κ3) is 3.47. The van der Waals surface area contributed by atoms with Gasteiger partial charge >= 0.3 is 0 Å². The normalized spacial score (nSPS) is 18.2. The van der Waals surface area contributed by atoms with Crippen LogP contribution in [0.5, 0.6) is 5.75 Å². The van der Waals surface area contributed by atoms with Crippen LogP contribution >= 0.6 is 0 Å². The van der Waals surface area contributed by atoms with Crippen LogP contribution in [-0.2, 0) is 11.3 Å². The Morgan fingerprint density at radius 2 is 2.04 bits per heavy atom. The van der Waals surface area contributed by atoms with Crippen molar-refractivity contribution in [2.24, 2.45) is 0 Å². The minimum Gasteiger partial charge on any atom is -0.497 e. The molecular formula is C21H23N3O3. The smallest absolute Gasteiger partial charge is 0.251 e. The van der Waals surface area contributed by atoms with Crippen LogP contribution in [0.25, 0.3) is 0 Å². The first-order chi connectivity index (χ1) is 13.2. The van der Waals surface area contributed by atoms with Crippen molar-refractivity contribution < 1.29 is 14.3 Å². The zero-order valence-electron chi connectivity index (χ0n) is 15.3. The Balaban J connectivity index is 1.47. The average Bonchev–Trinajstić information content (AvgIpc) is 2.72. The van der Waals surface area contributed by atoms with Crippen LogP contribution in [0.15, 0.2) is 42.5 Å². The largest absolute Gasteiger partial charge is 0.497 e. The number of carbonyl (C=O) groups excluding carboxylic acids is 2. The van der Waals surface area contributed by atoms with E-state index in [2.05, 4.69) is 15.5 Å². The van der Waals surface area contributed by atoms with E-state index in [-0.39, 0.29) is 17.9 Å². The highest BCUT2D eigenvalue weighted by molar-refractivity contribution is 6.05. The number of fused-ring (bicyclic) bond motifs is 3. The standard InChI is InChI=1S/C21H23N3O3/c1-27-16-8-5-14(6-9-16)13-22-20(25)15-7-10-18-17(12-15)23-21(26)19-4-2-3-11-24(18)19/h5-10,12,19H,2-4,11,13H2,1H3,(H,22,25)(H,23,26). The van der Waals surface area contributed by atoms with Crippen LogP contribution < -0.4 is 20.3 Å². The Bertz CT molecular complexity index is 863. The topological polar surface area (TPSA) is 70.7 Å². The third-order valence-electron chi connectivity index (χ3n) is 5.24. The van der Waals surface area contributed by atoms with Gasteiger partial charge in [0.25, 0.3) is 5.91 Å². The Hall–Kier alpha value is -3.02. The lowest BCUT2D eigenvalue weighted by atomic mass is 9.97. The second kappa shape index (κ2) is 7.31. The fraction of sp³-hybridized carbons (Fsp3) is 0.333. The first kappa shape index (κ1) is 17.4. The molecule has 2 N–H and O–H groups in total. The summed E-state index contributed by atoms with van der Waals surface area (Å²) in [5.74, 6) is 0.646. The molecule has 1 unspecified atom stereocenters. The number of piperidine rings is 1. The minimum absolute atomic E-state index is 0.0259. The van der Waals surface area contributed by atoms with Crippen LogP contribution in [0.4, 0.5) is 11.4 Å². The number of ether oxygens (including phenoxy) is 1. The molecule has 1 fully saturated rings. The van der Waals surface area contributed by atoms with E-state index >= 15 is 0 Å². The summed E-state index contributed by atoms with van der Waals surface area (Å²) < 4.78 is 5.14. The van der Waals surface area contributed by atoms with Gasteiger partial charge in [-0.1, -0.05) is 12.1 Å². The molecule has 1 saturated heterocycles. The number of anilines is 2. The van der Waals surface area contributed by atoms with E-state index in [4.69, 9.17) is 4.74 Å². The molecular weight excluding hydrogens is 342 g/mol. The van der Waals surface area contributed by atoms with E-state index in [1.54, 1.807) is 13.2 Å². The summed E-state index contributed by atoms with van der Waals surface area (Å²) in [6.07, 6.45) is 3.05. The van der Waals surface area contributed by atoms with Crippen LogP contribution in [0.2, 0.25) is 0 Å². The lowest BCUT2D eigenvalue weighted by molar-refractivity contribution is -0.118. The minimum atomic E-state index is -0.163. The summed E-state index contributed by atoms with van der Waals surface area (Å²) in [7, 11) is 1.62. The molecule has 0 spiro atoms. The first-order valence-corrected chi connectivity index (χ1v) is 9.28. The zero-order valence-corrected chi connectivity index (χ0v) is 15.3. The van der Waals surface area contributed by atoms with Gasteiger partial charge in [-0.2, -0.15) is 0 Å². The zero-order chi connectivity index (χ0) is 18.8. The molecule has 4 rings (SSSR count). The van der Waals surface area contributed by atoms with Crippen LogP contribution in [0.3, 0.4) is 0 Å². The molecule has 27 heavy (non-hydrogen) atoms. The number of hydrogen-bond donors (Lipinski definition) is 2. The highest BCUT2D eigenvalue weighted by atomic mass is 16.5. The van der Waals surface area contributed by atoms with Gasteiger partial charge in [0.1, 0.15) is 11.8 Å². The highest BCUT2D eigenvalue weighted by Crippen LogP contribution is 2.36. The number of hydrogen-bond acceptors (Lipinski definition) is 4. The van der Waals surface area contributed by atoms with Gasteiger partial charge in [0.2, 0.25) is 5.91 Å². The lowest BCUT2D eigenvalue weighted by Gasteiger charge is -2.41. The summed E-state index contributed by atoms with van der Waals surface area (Å²) in [4.78, 5) is 27.1. The molecule has 1 atom stereocenters. The maximum Gasteiger partial charge on any atom is 0.251 e. The second-order valence-electron chi connectivity index (χ2n) is 6.96. The molecule has 2 amide bonds. The van der Waals surface area contributed by atoms with Crippen LogP contribution in [0, 0.1) is 0 Å². The van der Waals surface area contributed by atoms with Gasteiger partial charge in [-0.05, 0) is 55.2 Å². The predicted octanol–water partition coefficient (Wildman–Crippen LogP) is 2.94. The van der Waals surface area contributed by atoms with Gasteiger partial charge in [0, 0.05) is 18.7 Å². The quantitative estimate of drug-likeness (QED) is 0.874. The van der Waals surface area contributed by atoms with Gasteiger partial charge in [0.15, 0.2) is 0 Å². The SMILES string of the molecule is COc1ccc(CNC(=O)c2ccc3c(c2)NC(=O)C2CCCCN32)cc1. The number of benzene rings is 2. The van der Waals surface area contributed by atoms with Crippen LogP contribution in [0.1, 0.15) is 35.2 Å². The number of amides is 2. The van der Waals surface area contributed by atoms with Crippen molar-refractivity contribution in [1.29, 1.82) is 0 Å². The van der Waals surface area contributed by atoms with E-state index in [0.29, 0.717) is 12.1 Å². The van der Waals surface area contributed by atoms with E-state index in [0.717, 1.165) is 48.5 Å². The maximum atomic E-state index is 12.5. The molecule has 0 bridgehead atoms. The average molecular weight is 365 g/mol. The molecule has 6 heteroatoms. The van der Waals surface area contributed by atoms with Crippen molar-refractivity contribution in [2.75, 3.05) is 23.9 Å². The summed E-state index contributed by atoms with van der Waals surface area (Å²) in [5.41, 5.74) is 3.26. The molecule has 0 radical (unpaired) electrons. The fourth-order valence-corrected chi connectivity index (χ4v) is 3.76. The second-order valence-corrected chi connectivity index (χ2v) is 6.96. The number of nitrogens with one attached hydrogen (secondary N) is 2. The molecule has 2 aromatic carbocycles. The van der Waals surface area contributed by atoms with E-state index in [9.17, 15) is 9.59 Å². The molecule has 0 aromatic heterocycles. The Labute approximate surface area is 158 Å². The van der Waals surface area contributed by atoms with E-state index in [1.165, 1.54) is 0 Å². The summed E-state index contributed by atoms with van der Waals surface area (Å²) in [6.45, 7) is 1.31. The monoisotopic (exact) mass is 365 g/mol. The Morgan fingerprint density at radius 3 is 2.81 bits per heavy atom. The van der Waals surface area contributed by atoms with E-state index in [1.807, 2.05) is 36.4 Å². The van der Waals surface area contributed by atoms with Gasteiger partial charge in [-0.15, -0.1) is 0 Å². The number of nitrogens with zero attached hydrogens (tertiary/aromatic N) is 1. The molecule has 2 aromatic rings. The van der Waals surface area contributed by atoms with Crippen molar-refractivity contribution in [3.05, 3.63) is 53.6 Å². The van der Waals surface area contributed by atoms with Gasteiger partial charge < -0.3 is 20.3 Å². The molecule has 2 aliphatic heterocycles. The van der Waals surface area contributed by atoms with Crippen molar-refractivity contribution in [1.82, 2.24) is 5.32 Å². The van der Waals surface area contributed by atoms with Crippen molar-refractivity contribution >= 4 is 23.2 Å². The van der Waals surface area contributed by atoms with Gasteiger partial charge in [-0.25, -0.2) is 0 Å². The maximum absolute atomic E-state index is 12.5.